The second-order valence-corrected chi connectivity index (χ2v) is 7.03. The Morgan fingerprint density at radius 1 is 1.00 bits per heavy atom. The Bertz CT molecular complexity index is 706. The molecule has 0 aliphatic carbocycles. The lowest BCUT2D eigenvalue weighted by Gasteiger charge is -2.28. The number of halogens is 2. The van der Waals surface area contributed by atoms with Crippen molar-refractivity contribution in [3.05, 3.63) is 71.3 Å². The monoisotopic (exact) mass is 347 g/mol. The molecule has 1 amide bonds. The maximum atomic E-state index is 13.7. The number of carbonyl (C=O) groups excluding carboxylic acids is 1. The van der Waals surface area contributed by atoms with Crippen molar-refractivity contribution in [2.45, 2.75) is 45.3 Å². The fourth-order valence-corrected chi connectivity index (χ4v) is 2.76. The fraction of sp³-hybridized carbons (Fsp3) is 0.350. The third kappa shape index (κ3) is 5.55. The van der Waals surface area contributed by atoms with E-state index in [1.54, 1.807) is 27.7 Å². The Balaban J connectivity index is 2.33. The summed E-state index contributed by atoms with van der Waals surface area (Å²) in [4.78, 5) is 12.1. The lowest BCUT2D eigenvalue weighted by molar-refractivity contribution is 0.0504. The van der Waals surface area contributed by atoms with Crippen molar-refractivity contribution in [2.24, 2.45) is 0 Å². The van der Waals surface area contributed by atoms with Crippen LogP contribution in [0.1, 0.15) is 44.7 Å². The third-order valence-electron chi connectivity index (χ3n) is 3.65. The van der Waals surface area contributed by atoms with Crippen LogP contribution in [0.5, 0.6) is 0 Å². The number of carbonyl (C=O) groups is 1. The van der Waals surface area contributed by atoms with Gasteiger partial charge in [-0.15, -0.1) is 0 Å². The molecule has 2 rings (SSSR count). The SMILES string of the molecule is C[C@@H](NC(=O)OC(C)(C)C)[C@@H](c1ccccc1)c1cc(F)cc(F)c1. The van der Waals surface area contributed by atoms with Crippen LogP contribution in [-0.2, 0) is 4.74 Å². The summed E-state index contributed by atoms with van der Waals surface area (Å²) in [7, 11) is 0. The number of amides is 1. The molecule has 0 aliphatic rings. The zero-order valence-corrected chi connectivity index (χ0v) is 14.8. The van der Waals surface area contributed by atoms with Gasteiger partial charge in [0, 0.05) is 18.0 Å². The van der Waals surface area contributed by atoms with Gasteiger partial charge in [-0.3, -0.25) is 0 Å². The molecule has 25 heavy (non-hydrogen) atoms. The van der Waals surface area contributed by atoms with Crippen LogP contribution in [0, 0.1) is 11.6 Å². The summed E-state index contributed by atoms with van der Waals surface area (Å²) in [5.74, 6) is -1.72. The van der Waals surface area contributed by atoms with Crippen LogP contribution in [-0.4, -0.2) is 17.7 Å². The standard InChI is InChI=1S/C20H23F2NO2/c1-13(23-19(24)25-20(2,3)4)18(14-8-6-5-7-9-14)15-10-16(21)12-17(22)11-15/h5-13,18H,1-4H3,(H,23,24)/t13-,18+/m1/s1. The molecule has 0 saturated heterocycles. The second-order valence-electron chi connectivity index (χ2n) is 7.03. The van der Waals surface area contributed by atoms with Crippen molar-refractivity contribution in [2.75, 3.05) is 0 Å². The second kappa shape index (κ2) is 7.64. The number of nitrogens with one attached hydrogen (secondary N) is 1. The van der Waals surface area contributed by atoms with Crippen LogP contribution in [0.25, 0.3) is 0 Å². The topological polar surface area (TPSA) is 38.3 Å². The highest BCUT2D eigenvalue weighted by atomic mass is 19.1. The van der Waals surface area contributed by atoms with Crippen molar-refractivity contribution in [1.29, 1.82) is 0 Å². The molecule has 2 atom stereocenters. The molecular weight excluding hydrogens is 324 g/mol. The number of hydrogen-bond acceptors (Lipinski definition) is 2. The maximum Gasteiger partial charge on any atom is 0.407 e. The molecule has 0 unspecified atom stereocenters. The first kappa shape index (κ1) is 18.9. The van der Waals surface area contributed by atoms with Crippen LogP contribution in [0.3, 0.4) is 0 Å². The van der Waals surface area contributed by atoms with Gasteiger partial charge in [-0.2, -0.15) is 0 Å². The first-order chi connectivity index (χ1) is 11.7. The van der Waals surface area contributed by atoms with E-state index in [0.717, 1.165) is 11.6 Å². The first-order valence-corrected chi connectivity index (χ1v) is 8.16. The normalized spacial score (nSPS) is 13.8. The molecule has 0 radical (unpaired) electrons. The minimum Gasteiger partial charge on any atom is -0.444 e. The third-order valence-corrected chi connectivity index (χ3v) is 3.65. The Morgan fingerprint density at radius 2 is 1.56 bits per heavy atom. The number of alkyl carbamates (subject to hydrolysis) is 1. The highest BCUT2D eigenvalue weighted by molar-refractivity contribution is 5.68. The van der Waals surface area contributed by atoms with Gasteiger partial charge in [0.25, 0.3) is 0 Å². The van der Waals surface area contributed by atoms with Gasteiger partial charge in [0.1, 0.15) is 17.2 Å². The van der Waals surface area contributed by atoms with Gasteiger partial charge < -0.3 is 10.1 Å². The molecule has 0 fully saturated rings. The van der Waals surface area contributed by atoms with Crippen LogP contribution < -0.4 is 5.32 Å². The van der Waals surface area contributed by atoms with Gasteiger partial charge in [-0.05, 0) is 51.0 Å². The van der Waals surface area contributed by atoms with Gasteiger partial charge in [0.15, 0.2) is 0 Å². The quantitative estimate of drug-likeness (QED) is 0.844. The minimum atomic E-state index is -0.652. The average molecular weight is 347 g/mol. The van der Waals surface area contributed by atoms with E-state index in [-0.39, 0.29) is 0 Å². The van der Waals surface area contributed by atoms with Crippen molar-refractivity contribution in [3.63, 3.8) is 0 Å². The van der Waals surface area contributed by atoms with Crippen molar-refractivity contribution < 1.29 is 18.3 Å². The Morgan fingerprint density at radius 3 is 2.08 bits per heavy atom. The van der Waals surface area contributed by atoms with E-state index < -0.39 is 35.3 Å². The Kier molecular flexibility index (Phi) is 5.77. The first-order valence-electron chi connectivity index (χ1n) is 8.16. The Hall–Kier alpha value is -2.43. The van der Waals surface area contributed by atoms with Crippen LogP contribution >= 0.6 is 0 Å². The number of hydrogen-bond donors (Lipinski definition) is 1. The van der Waals surface area contributed by atoms with Gasteiger partial charge in [-0.1, -0.05) is 30.3 Å². The highest BCUT2D eigenvalue weighted by Gasteiger charge is 2.26. The fourth-order valence-electron chi connectivity index (χ4n) is 2.76. The zero-order valence-electron chi connectivity index (χ0n) is 14.8. The van der Waals surface area contributed by atoms with Crippen LogP contribution in [0.2, 0.25) is 0 Å². The van der Waals surface area contributed by atoms with Crippen LogP contribution in [0.15, 0.2) is 48.5 Å². The molecule has 3 nitrogen and oxygen atoms in total. The summed E-state index contributed by atoms with van der Waals surface area (Å²) in [6.45, 7) is 7.10. The van der Waals surface area contributed by atoms with E-state index in [9.17, 15) is 13.6 Å². The molecule has 2 aromatic rings. The Labute approximate surface area is 147 Å². The van der Waals surface area contributed by atoms with Crippen molar-refractivity contribution >= 4 is 6.09 Å². The van der Waals surface area contributed by atoms with Crippen molar-refractivity contribution in [3.8, 4) is 0 Å². The summed E-state index contributed by atoms with van der Waals surface area (Å²) < 4.78 is 32.7. The predicted molar refractivity (Wildman–Crippen MR) is 93.5 cm³/mol. The molecule has 0 spiro atoms. The van der Waals surface area contributed by atoms with Gasteiger partial charge in [0.2, 0.25) is 0 Å². The largest absolute Gasteiger partial charge is 0.444 e. The number of rotatable bonds is 4. The molecular formula is C20H23F2NO2. The molecule has 134 valence electrons. The minimum absolute atomic E-state index is 0.418. The summed E-state index contributed by atoms with van der Waals surface area (Å²) >= 11 is 0. The maximum absolute atomic E-state index is 13.7. The molecule has 0 saturated carbocycles. The molecule has 0 aromatic heterocycles. The lowest BCUT2D eigenvalue weighted by Crippen LogP contribution is -2.41. The lowest BCUT2D eigenvalue weighted by atomic mass is 9.85. The predicted octanol–water partition coefficient (Wildman–Crippen LogP) is 5.01. The molecule has 0 heterocycles. The summed E-state index contributed by atoms with van der Waals surface area (Å²) in [6, 6.07) is 12.2. The van der Waals surface area contributed by atoms with E-state index in [1.807, 2.05) is 30.3 Å². The average Bonchev–Trinajstić information content (AvgIpc) is 2.45. The summed E-state index contributed by atoms with van der Waals surface area (Å²) in [5, 5.41) is 2.77. The zero-order chi connectivity index (χ0) is 18.6. The van der Waals surface area contributed by atoms with Gasteiger partial charge in [-0.25, -0.2) is 13.6 Å². The highest BCUT2D eigenvalue weighted by Crippen LogP contribution is 2.29. The van der Waals surface area contributed by atoms with E-state index >= 15 is 0 Å². The number of benzene rings is 2. The van der Waals surface area contributed by atoms with E-state index in [1.165, 1.54) is 12.1 Å². The van der Waals surface area contributed by atoms with E-state index in [0.29, 0.717) is 5.56 Å². The molecule has 5 heteroatoms. The summed E-state index contributed by atoms with van der Waals surface area (Å²) in [6.07, 6.45) is -0.571. The van der Waals surface area contributed by atoms with Gasteiger partial charge >= 0.3 is 6.09 Å². The van der Waals surface area contributed by atoms with E-state index in [4.69, 9.17) is 4.74 Å². The van der Waals surface area contributed by atoms with Gasteiger partial charge in [0.05, 0.1) is 0 Å². The molecule has 0 aliphatic heterocycles. The number of ether oxygens (including phenoxy) is 1. The van der Waals surface area contributed by atoms with E-state index in [2.05, 4.69) is 5.32 Å². The molecule has 1 N–H and O–H groups in total. The summed E-state index contributed by atoms with van der Waals surface area (Å²) in [5.41, 5.74) is 0.667. The molecule has 2 aromatic carbocycles. The molecule has 0 bridgehead atoms. The van der Waals surface area contributed by atoms with Crippen LogP contribution in [0.4, 0.5) is 13.6 Å². The van der Waals surface area contributed by atoms with Crippen molar-refractivity contribution in [1.82, 2.24) is 5.32 Å². The smallest absolute Gasteiger partial charge is 0.407 e.